The average Bonchev–Trinajstić information content (AvgIpc) is 3.05. The quantitative estimate of drug-likeness (QED) is 0.842. The first-order valence-corrected chi connectivity index (χ1v) is 8.41. The van der Waals surface area contributed by atoms with Crippen LogP contribution < -0.4 is 0 Å². The van der Waals surface area contributed by atoms with Crippen molar-refractivity contribution in [2.24, 2.45) is 0 Å². The van der Waals surface area contributed by atoms with Crippen LogP contribution in [0.5, 0.6) is 0 Å². The van der Waals surface area contributed by atoms with Crippen LogP contribution in [-0.4, -0.2) is 35.3 Å². The van der Waals surface area contributed by atoms with E-state index in [1.54, 1.807) is 16.2 Å². The highest BCUT2D eigenvalue weighted by Gasteiger charge is 2.40. The van der Waals surface area contributed by atoms with E-state index in [1.165, 1.54) is 5.56 Å². The van der Waals surface area contributed by atoms with Crippen molar-refractivity contribution in [3.8, 4) is 0 Å². The van der Waals surface area contributed by atoms with Crippen LogP contribution in [0.25, 0.3) is 0 Å². The summed E-state index contributed by atoms with van der Waals surface area (Å²) in [5.74, 6) is 0. The number of likely N-dealkylation sites (tertiary alicyclic amines) is 1. The molecule has 4 nitrogen and oxygen atoms in total. The Hall–Kier alpha value is -1.07. The Kier molecular flexibility index (Phi) is 4.94. The van der Waals surface area contributed by atoms with Gasteiger partial charge in [-0.1, -0.05) is 6.92 Å². The maximum absolute atomic E-state index is 12.1. The number of hydrogen-bond donors (Lipinski definition) is 0. The predicted molar refractivity (Wildman–Crippen MR) is 84.6 cm³/mol. The van der Waals surface area contributed by atoms with Gasteiger partial charge >= 0.3 is 6.09 Å². The van der Waals surface area contributed by atoms with Gasteiger partial charge in [0.2, 0.25) is 0 Å². The predicted octanol–water partition coefficient (Wildman–Crippen LogP) is 4.05. The molecular formula is C16H25NO3S. The molecule has 1 unspecified atom stereocenters. The van der Waals surface area contributed by atoms with Gasteiger partial charge in [0.25, 0.3) is 0 Å². The van der Waals surface area contributed by atoms with E-state index in [0.29, 0.717) is 19.7 Å². The first-order chi connectivity index (χ1) is 9.84. The molecule has 5 heteroatoms. The zero-order valence-electron chi connectivity index (χ0n) is 13.3. The molecule has 1 amide bonds. The molecular weight excluding hydrogens is 286 g/mol. The Morgan fingerprint density at radius 3 is 2.81 bits per heavy atom. The first-order valence-electron chi connectivity index (χ1n) is 7.46. The third-order valence-corrected chi connectivity index (χ3v) is 4.47. The zero-order valence-corrected chi connectivity index (χ0v) is 14.2. The molecule has 1 aromatic rings. The molecule has 0 saturated carbocycles. The number of carbonyl (C=O) groups is 1. The lowest BCUT2D eigenvalue weighted by atomic mass is 10.00. The van der Waals surface area contributed by atoms with Gasteiger partial charge in [-0.25, -0.2) is 4.79 Å². The number of carbonyl (C=O) groups excluding carboxylic acids is 1. The van der Waals surface area contributed by atoms with Crippen molar-refractivity contribution in [2.45, 2.75) is 58.3 Å². The highest BCUT2D eigenvalue weighted by Crippen LogP contribution is 2.31. The highest BCUT2D eigenvalue weighted by atomic mass is 32.1. The van der Waals surface area contributed by atoms with Crippen LogP contribution in [0, 0.1) is 0 Å². The fourth-order valence-corrected chi connectivity index (χ4v) is 3.10. The molecule has 1 saturated heterocycles. The zero-order chi connectivity index (χ0) is 15.5. The van der Waals surface area contributed by atoms with Crippen molar-refractivity contribution in [3.63, 3.8) is 0 Å². The summed E-state index contributed by atoms with van der Waals surface area (Å²) in [6.07, 6.45) is 1.53. The van der Waals surface area contributed by atoms with E-state index < -0.39 is 5.60 Å². The van der Waals surface area contributed by atoms with Gasteiger partial charge in [-0.2, -0.15) is 11.3 Å². The summed E-state index contributed by atoms with van der Waals surface area (Å²) in [6.45, 7) is 9.71. The van der Waals surface area contributed by atoms with E-state index in [9.17, 15) is 4.79 Å². The molecule has 1 aliphatic rings. The second-order valence-electron chi connectivity index (χ2n) is 6.61. The number of nitrogens with zero attached hydrogens (tertiary/aromatic N) is 1. The molecule has 0 N–H and O–H groups in total. The molecule has 2 heterocycles. The smallest absolute Gasteiger partial charge is 0.410 e. The largest absolute Gasteiger partial charge is 0.444 e. The van der Waals surface area contributed by atoms with Gasteiger partial charge in [0.15, 0.2) is 0 Å². The summed E-state index contributed by atoms with van der Waals surface area (Å²) in [5.41, 5.74) is 0.508. The van der Waals surface area contributed by atoms with Crippen molar-refractivity contribution in [3.05, 3.63) is 22.4 Å². The summed E-state index contributed by atoms with van der Waals surface area (Å²) < 4.78 is 11.6. The van der Waals surface area contributed by atoms with E-state index in [-0.39, 0.29) is 11.7 Å². The Balaban J connectivity index is 1.92. The maximum Gasteiger partial charge on any atom is 0.410 e. The van der Waals surface area contributed by atoms with Gasteiger partial charge in [-0.05, 0) is 56.0 Å². The molecule has 1 fully saturated rings. The van der Waals surface area contributed by atoms with Crippen LogP contribution >= 0.6 is 11.3 Å². The van der Waals surface area contributed by atoms with Crippen LogP contribution in [0.2, 0.25) is 0 Å². The van der Waals surface area contributed by atoms with Crippen molar-refractivity contribution < 1.29 is 14.3 Å². The van der Waals surface area contributed by atoms with Gasteiger partial charge < -0.3 is 14.4 Å². The maximum atomic E-state index is 12.1. The molecule has 21 heavy (non-hydrogen) atoms. The Labute approximate surface area is 131 Å². The molecule has 1 atom stereocenters. The third-order valence-electron chi connectivity index (χ3n) is 3.74. The fourth-order valence-electron chi connectivity index (χ4n) is 2.45. The second kappa shape index (κ2) is 6.36. The molecule has 0 bridgehead atoms. The number of rotatable bonds is 4. The molecule has 0 spiro atoms. The van der Waals surface area contributed by atoms with E-state index >= 15 is 0 Å². The lowest BCUT2D eigenvalue weighted by molar-refractivity contribution is -0.0526. The molecule has 1 aromatic heterocycles. The average molecular weight is 311 g/mol. The van der Waals surface area contributed by atoms with Gasteiger partial charge in [-0.3, -0.25) is 0 Å². The Morgan fingerprint density at radius 2 is 2.24 bits per heavy atom. The van der Waals surface area contributed by atoms with E-state index in [1.807, 2.05) is 20.8 Å². The first kappa shape index (κ1) is 16.3. The topological polar surface area (TPSA) is 38.8 Å². The minimum Gasteiger partial charge on any atom is -0.444 e. The summed E-state index contributed by atoms with van der Waals surface area (Å²) in [7, 11) is 0. The Morgan fingerprint density at radius 1 is 1.48 bits per heavy atom. The second-order valence-corrected chi connectivity index (χ2v) is 7.39. The third kappa shape index (κ3) is 4.45. The van der Waals surface area contributed by atoms with Gasteiger partial charge in [-0.15, -0.1) is 0 Å². The van der Waals surface area contributed by atoms with Gasteiger partial charge in [0.05, 0.1) is 18.8 Å². The molecule has 0 aliphatic carbocycles. The lowest BCUT2D eigenvalue weighted by Gasteiger charge is -2.29. The summed E-state index contributed by atoms with van der Waals surface area (Å²) >= 11 is 1.68. The number of thiophene rings is 1. The summed E-state index contributed by atoms with van der Waals surface area (Å²) in [6, 6.07) is 2.08. The minimum atomic E-state index is -0.452. The monoisotopic (exact) mass is 311 g/mol. The lowest BCUT2D eigenvalue weighted by Crippen LogP contribution is -2.40. The minimum absolute atomic E-state index is 0.237. The Bertz CT molecular complexity index is 466. The van der Waals surface area contributed by atoms with Crippen LogP contribution in [-0.2, 0) is 16.1 Å². The highest BCUT2D eigenvalue weighted by molar-refractivity contribution is 7.07. The summed E-state index contributed by atoms with van der Waals surface area (Å²) in [5, 5.41) is 4.16. The molecule has 0 aromatic carbocycles. The standard InChI is InChI=1S/C16H25NO3S/c1-5-16(19-10-13-6-9-21-11-13)7-8-17(12-16)14(18)20-15(2,3)4/h6,9,11H,5,7-8,10,12H2,1-4H3. The van der Waals surface area contributed by atoms with Crippen molar-refractivity contribution in [1.82, 2.24) is 4.90 Å². The van der Waals surface area contributed by atoms with Crippen molar-refractivity contribution >= 4 is 17.4 Å². The number of amides is 1. The van der Waals surface area contributed by atoms with Crippen LogP contribution in [0.15, 0.2) is 16.8 Å². The SMILES string of the molecule is CCC1(OCc2ccsc2)CCN(C(=O)OC(C)(C)C)C1. The number of hydrogen-bond acceptors (Lipinski definition) is 4. The van der Waals surface area contributed by atoms with E-state index in [2.05, 4.69) is 23.8 Å². The fraction of sp³-hybridized carbons (Fsp3) is 0.688. The number of ether oxygens (including phenoxy) is 2. The van der Waals surface area contributed by atoms with E-state index in [4.69, 9.17) is 9.47 Å². The normalized spacial score (nSPS) is 22.6. The molecule has 1 aliphatic heterocycles. The van der Waals surface area contributed by atoms with Crippen LogP contribution in [0.4, 0.5) is 4.79 Å². The summed E-state index contributed by atoms with van der Waals surface area (Å²) in [4.78, 5) is 13.9. The van der Waals surface area contributed by atoms with Gasteiger partial charge in [0, 0.05) is 6.54 Å². The molecule has 2 rings (SSSR count). The van der Waals surface area contributed by atoms with Crippen LogP contribution in [0.3, 0.4) is 0 Å². The van der Waals surface area contributed by atoms with Crippen LogP contribution in [0.1, 0.15) is 46.1 Å². The van der Waals surface area contributed by atoms with Crippen molar-refractivity contribution in [2.75, 3.05) is 13.1 Å². The molecule has 0 radical (unpaired) electrons. The van der Waals surface area contributed by atoms with Gasteiger partial charge in [0.1, 0.15) is 5.60 Å². The van der Waals surface area contributed by atoms with E-state index in [0.717, 1.165) is 12.8 Å². The molecule has 118 valence electrons. The van der Waals surface area contributed by atoms with Crippen molar-refractivity contribution in [1.29, 1.82) is 0 Å².